The van der Waals surface area contributed by atoms with Crippen LogP contribution in [0.1, 0.15) is 11.1 Å². The first kappa shape index (κ1) is 19.2. The molecule has 27 heavy (non-hydrogen) atoms. The smallest absolute Gasteiger partial charge is 0.236 e. The van der Waals surface area contributed by atoms with Gasteiger partial charge in [0.1, 0.15) is 5.75 Å². The fourth-order valence-electron chi connectivity index (χ4n) is 3.48. The van der Waals surface area contributed by atoms with E-state index in [0.29, 0.717) is 13.1 Å². The summed E-state index contributed by atoms with van der Waals surface area (Å²) in [5.41, 5.74) is 3.58. The molecule has 1 amide bonds. The molecular weight excluding hydrogens is 338 g/mol. The summed E-state index contributed by atoms with van der Waals surface area (Å²) in [6.45, 7) is 6.86. The Morgan fingerprint density at radius 1 is 1.07 bits per heavy atom. The Labute approximate surface area is 162 Å². The third kappa shape index (κ3) is 5.01. The number of para-hydroxylation sites is 1. The predicted molar refractivity (Wildman–Crippen MR) is 109 cm³/mol. The number of ether oxygens (including phenoxy) is 1. The molecule has 0 atom stereocenters. The van der Waals surface area contributed by atoms with Gasteiger partial charge in [-0.1, -0.05) is 30.3 Å². The molecule has 1 aliphatic heterocycles. The molecule has 5 nitrogen and oxygen atoms in total. The zero-order valence-electron chi connectivity index (χ0n) is 16.5. The predicted octanol–water partition coefficient (Wildman–Crippen LogP) is 2.78. The van der Waals surface area contributed by atoms with Gasteiger partial charge in [0.2, 0.25) is 5.91 Å². The number of nitrogens with zero attached hydrogens (tertiary/aromatic N) is 3. The summed E-state index contributed by atoms with van der Waals surface area (Å²) in [5, 5.41) is 0. The molecule has 0 spiro atoms. The first-order chi connectivity index (χ1) is 13.1. The van der Waals surface area contributed by atoms with Crippen LogP contribution in [-0.4, -0.2) is 62.6 Å². The Balaban J connectivity index is 1.50. The van der Waals surface area contributed by atoms with Crippen LogP contribution >= 0.6 is 0 Å². The van der Waals surface area contributed by atoms with Gasteiger partial charge in [-0.05, 0) is 30.7 Å². The molecular formula is C22H29N3O2. The lowest BCUT2D eigenvalue weighted by atomic mass is 10.2. The molecule has 5 heteroatoms. The molecule has 0 N–H and O–H groups in total. The molecule has 0 aliphatic carbocycles. The van der Waals surface area contributed by atoms with E-state index in [0.717, 1.165) is 37.5 Å². The van der Waals surface area contributed by atoms with E-state index in [9.17, 15) is 4.79 Å². The van der Waals surface area contributed by atoms with Gasteiger partial charge in [-0.25, -0.2) is 0 Å². The molecule has 1 saturated heterocycles. The van der Waals surface area contributed by atoms with Crippen molar-refractivity contribution in [1.82, 2.24) is 9.80 Å². The van der Waals surface area contributed by atoms with Crippen LogP contribution in [0.2, 0.25) is 0 Å². The van der Waals surface area contributed by atoms with Gasteiger partial charge in [0, 0.05) is 51.0 Å². The van der Waals surface area contributed by atoms with Crippen LogP contribution < -0.4 is 9.64 Å². The number of benzene rings is 2. The SMILES string of the molecule is COc1ccccc1CN(C)C(=O)CN1CCN(c2cccc(C)c2)CC1. The zero-order chi connectivity index (χ0) is 19.2. The van der Waals surface area contributed by atoms with Crippen molar-refractivity contribution in [2.75, 3.05) is 51.8 Å². The number of piperazine rings is 1. The largest absolute Gasteiger partial charge is 0.496 e. The highest BCUT2D eigenvalue weighted by Gasteiger charge is 2.21. The maximum atomic E-state index is 12.6. The topological polar surface area (TPSA) is 36.0 Å². The number of amides is 1. The summed E-state index contributed by atoms with van der Waals surface area (Å²) in [4.78, 5) is 19.1. The summed E-state index contributed by atoms with van der Waals surface area (Å²) in [6.07, 6.45) is 0. The Morgan fingerprint density at radius 3 is 2.52 bits per heavy atom. The van der Waals surface area contributed by atoms with E-state index < -0.39 is 0 Å². The van der Waals surface area contributed by atoms with Gasteiger partial charge < -0.3 is 14.5 Å². The standard InChI is InChI=1S/C22H29N3O2/c1-18-7-6-9-20(15-18)25-13-11-24(12-14-25)17-22(26)23(2)16-19-8-4-5-10-21(19)27-3/h4-10,15H,11-14,16-17H2,1-3H3. The second-order valence-electron chi connectivity index (χ2n) is 7.16. The summed E-state index contributed by atoms with van der Waals surface area (Å²) < 4.78 is 5.38. The van der Waals surface area contributed by atoms with Crippen molar-refractivity contribution in [3.63, 3.8) is 0 Å². The summed E-state index contributed by atoms with van der Waals surface area (Å²) in [5.74, 6) is 0.967. The molecule has 2 aromatic carbocycles. The fraction of sp³-hybridized carbons (Fsp3) is 0.409. The lowest BCUT2D eigenvalue weighted by Gasteiger charge is -2.36. The lowest BCUT2D eigenvalue weighted by molar-refractivity contribution is -0.131. The number of likely N-dealkylation sites (N-methyl/N-ethyl adjacent to an activating group) is 1. The summed E-state index contributed by atoms with van der Waals surface area (Å²) >= 11 is 0. The first-order valence-corrected chi connectivity index (χ1v) is 9.46. The average Bonchev–Trinajstić information content (AvgIpc) is 2.69. The van der Waals surface area contributed by atoms with E-state index in [2.05, 4.69) is 41.0 Å². The summed E-state index contributed by atoms with van der Waals surface area (Å²) in [7, 11) is 3.52. The molecule has 0 bridgehead atoms. The summed E-state index contributed by atoms with van der Waals surface area (Å²) in [6, 6.07) is 16.5. The quantitative estimate of drug-likeness (QED) is 0.787. The Bertz CT molecular complexity index is 770. The number of hydrogen-bond acceptors (Lipinski definition) is 4. The average molecular weight is 367 g/mol. The Kier molecular flexibility index (Phi) is 6.35. The molecule has 1 fully saturated rings. The maximum Gasteiger partial charge on any atom is 0.236 e. The third-order valence-electron chi connectivity index (χ3n) is 5.12. The van der Waals surface area contributed by atoms with E-state index >= 15 is 0 Å². The van der Waals surface area contributed by atoms with Gasteiger partial charge in [-0.15, -0.1) is 0 Å². The molecule has 3 rings (SSSR count). The lowest BCUT2D eigenvalue weighted by Crippen LogP contribution is -2.49. The highest BCUT2D eigenvalue weighted by Crippen LogP contribution is 2.20. The van der Waals surface area contributed by atoms with Crippen LogP contribution in [0.4, 0.5) is 5.69 Å². The number of methoxy groups -OCH3 is 1. The van der Waals surface area contributed by atoms with E-state index in [1.54, 1.807) is 12.0 Å². The van der Waals surface area contributed by atoms with Crippen LogP contribution in [-0.2, 0) is 11.3 Å². The molecule has 0 saturated carbocycles. The van der Waals surface area contributed by atoms with Crippen molar-refractivity contribution in [3.8, 4) is 5.75 Å². The minimum Gasteiger partial charge on any atom is -0.496 e. The minimum atomic E-state index is 0.143. The van der Waals surface area contributed by atoms with Crippen molar-refractivity contribution in [1.29, 1.82) is 0 Å². The monoisotopic (exact) mass is 367 g/mol. The van der Waals surface area contributed by atoms with Crippen molar-refractivity contribution in [2.24, 2.45) is 0 Å². The number of anilines is 1. The molecule has 2 aromatic rings. The number of hydrogen-bond donors (Lipinski definition) is 0. The zero-order valence-corrected chi connectivity index (χ0v) is 16.5. The van der Waals surface area contributed by atoms with Crippen molar-refractivity contribution in [3.05, 3.63) is 59.7 Å². The second kappa shape index (κ2) is 8.91. The van der Waals surface area contributed by atoms with Crippen LogP contribution in [0.3, 0.4) is 0 Å². The van der Waals surface area contributed by atoms with Crippen LogP contribution in [0.5, 0.6) is 5.75 Å². The van der Waals surface area contributed by atoms with E-state index in [-0.39, 0.29) is 5.91 Å². The van der Waals surface area contributed by atoms with E-state index in [1.807, 2.05) is 31.3 Å². The van der Waals surface area contributed by atoms with E-state index in [1.165, 1.54) is 11.3 Å². The Hall–Kier alpha value is -2.53. The first-order valence-electron chi connectivity index (χ1n) is 9.46. The highest BCUT2D eigenvalue weighted by molar-refractivity contribution is 5.78. The van der Waals surface area contributed by atoms with Gasteiger partial charge in [-0.3, -0.25) is 9.69 Å². The minimum absolute atomic E-state index is 0.143. The molecule has 0 aromatic heterocycles. The highest BCUT2D eigenvalue weighted by atomic mass is 16.5. The number of aryl methyl sites for hydroxylation is 1. The van der Waals surface area contributed by atoms with Crippen molar-refractivity contribution < 1.29 is 9.53 Å². The van der Waals surface area contributed by atoms with Gasteiger partial charge in [0.05, 0.1) is 13.7 Å². The molecule has 1 aliphatic rings. The van der Waals surface area contributed by atoms with Gasteiger partial charge >= 0.3 is 0 Å². The van der Waals surface area contributed by atoms with Gasteiger partial charge in [0.25, 0.3) is 0 Å². The fourth-order valence-corrected chi connectivity index (χ4v) is 3.48. The molecule has 1 heterocycles. The number of rotatable bonds is 6. The normalized spacial score (nSPS) is 14.9. The van der Waals surface area contributed by atoms with Crippen LogP contribution in [0, 0.1) is 6.92 Å². The van der Waals surface area contributed by atoms with Crippen LogP contribution in [0.25, 0.3) is 0 Å². The van der Waals surface area contributed by atoms with Crippen molar-refractivity contribution in [2.45, 2.75) is 13.5 Å². The van der Waals surface area contributed by atoms with Gasteiger partial charge in [-0.2, -0.15) is 0 Å². The maximum absolute atomic E-state index is 12.6. The van der Waals surface area contributed by atoms with E-state index in [4.69, 9.17) is 4.74 Å². The second-order valence-corrected chi connectivity index (χ2v) is 7.16. The van der Waals surface area contributed by atoms with Crippen molar-refractivity contribution >= 4 is 11.6 Å². The van der Waals surface area contributed by atoms with Gasteiger partial charge in [0.15, 0.2) is 0 Å². The number of carbonyl (C=O) groups is 1. The molecule has 0 radical (unpaired) electrons. The third-order valence-corrected chi connectivity index (χ3v) is 5.12. The Morgan fingerprint density at radius 2 is 1.81 bits per heavy atom. The molecule has 144 valence electrons. The van der Waals surface area contributed by atoms with Crippen LogP contribution in [0.15, 0.2) is 48.5 Å². The number of carbonyl (C=O) groups excluding carboxylic acids is 1. The molecule has 0 unspecified atom stereocenters.